The van der Waals surface area contributed by atoms with Gasteiger partial charge in [0.15, 0.2) is 11.7 Å². The zero-order chi connectivity index (χ0) is 15.6. The van der Waals surface area contributed by atoms with E-state index in [1.165, 1.54) is 5.56 Å². The van der Waals surface area contributed by atoms with E-state index < -0.39 is 0 Å². The Morgan fingerprint density at radius 1 is 1.23 bits per heavy atom. The van der Waals surface area contributed by atoms with Crippen molar-refractivity contribution in [1.29, 1.82) is 0 Å². The number of nitrogens with zero attached hydrogens (tertiary/aromatic N) is 2. The lowest BCUT2D eigenvalue weighted by molar-refractivity contribution is 0.374. The number of aromatic nitrogens is 1. The molecule has 2 rings (SSSR count). The van der Waals surface area contributed by atoms with Crippen LogP contribution in [-0.2, 0) is 19.4 Å². The molecule has 2 N–H and O–H groups in total. The molecule has 0 atom stereocenters. The Morgan fingerprint density at radius 2 is 2.05 bits per heavy atom. The van der Waals surface area contributed by atoms with Crippen LogP contribution < -0.4 is 10.6 Å². The van der Waals surface area contributed by atoms with Crippen LogP contribution in [0.1, 0.15) is 30.4 Å². The van der Waals surface area contributed by atoms with Crippen molar-refractivity contribution in [1.82, 2.24) is 15.8 Å². The SMILES string of the molecule is CCc1cc(CNC(=NC)NCCCc2ccccc2)on1. The van der Waals surface area contributed by atoms with Gasteiger partial charge in [0, 0.05) is 19.7 Å². The van der Waals surface area contributed by atoms with Gasteiger partial charge in [-0.25, -0.2) is 0 Å². The summed E-state index contributed by atoms with van der Waals surface area (Å²) in [6, 6.07) is 12.5. The van der Waals surface area contributed by atoms with Gasteiger partial charge in [-0.2, -0.15) is 0 Å². The van der Waals surface area contributed by atoms with Crippen molar-refractivity contribution < 1.29 is 4.52 Å². The topological polar surface area (TPSA) is 62.5 Å². The Bertz CT molecular complexity index is 577. The van der Waals surface area contributed by atoms with Crippen LogP contribution in [0.25, 0.3) is 0 Å². The van der Waals surface area contributed by atoms with E-state index >= 15 is 0 Å². The third-order valence-corrected chi connectivity index (χ3v) is 3.40. The van der Waals surface area contributed by atoms with Crippen molar-refractivity contribution in [2.75, 3.05) is 13.6 Å². The fraction of sp³-hybridized carbons (Fsp3) is 0.412. The van der Waals surface area contributed by atoms with Crippen LogP contribution in [0.4, 0.5) is 0 Å². The van der Waals surface area contributed by atoms with E-state index in [1.54, 1.807) is 7.05 Å². The van der Waals surface area contributed by atoms with Crippen molar-refractivity contribution in [2.45, 2.75) is 32.7 Å². The second-order valence-corrected chi connectivity index (χ2v) is 5.08. The summed E-state index contributed by atoms with van der Waals surface area (Å²) in [6.07, 6.45) is 3.01. The molecule has 0 saturated carbocycles. The second-order valence-electron chi connectivity index (χ2n) is 5.08. The molecule has 0 radical (unpaired) electrons. The summed E-state index contributed by atoms with van der Waals surface area (Å²) in [6.45, 7) is 3.53. The van der Waals surface area contributed by atoms with Crippen molar-refractivity contribution in [3.8, 4) is 0 Å². The first-order valence-corrected chi connectivity index (χ1v) is 7.74. The second kappa shape index (κ2) is 8.87. The first-order chi connectivity index (χ1) is 10.8. The Hall–Kier alpha value is -2.30. The predicted octanol–water partition coefficient (Wildman–Crippen LogP) is 2.53. The maximum atomic E-state index is 5.24. The molecule has 1 aromatic heterocycles. The van der Waals surface area contributed by atoms with Crippen LogP contribution in [0.5, 0.6) is 0 Å². The zero-order valence-electron chi connectivity index (χ0n) is 13.3. The molecule has 0 fully saturated rings. The highest BCUT2D eigenvalue weighted by atomic mass is 16.5. The number of aryl methyl sites for hydroxylation is 2. The van der Waals surface area contributed by atoms with Crippen molar-refractivity contribution in [2.24, 2.45) is 4.99 Å². The quantitative estimate of drug-likeness (QED) is 0.468. The van der Waals surface area contributed by atoms with E-state index in [4.69, 9.17) is 4.52 Å². The van der Waals surface area contributed by atoms with Crippen molar-refractivity contribution in [3.05, 3.63) is 53.4 Å². The molecule has 1 aromatic carbocycles. The summed E-state index contributed by atoms with van der Waals surface area (Å²) in [4.78, 5) is 4.21. The molecule has 0 aliphatic rings. The summed E-state index contributed by atoms with van der Waals surface area (Å²) in [7, 11) is 1.77. The van der Waals surface area contributed by atoms with Gasteiger partial charge in [-0.3, -0.25) is 4.99 Å². The summed E-state index contributed by atoms with van der Waals surface area (Å²) in [5, 5.41) is 10.5. The van der Waals surface area contributed by atoms with E-state index in [0.29, 0.717) is 6.54 Å². The van der Waals surface area contributed by atoms with Crippen LogP contribution in [-0.4, -0.2) is 24.7 Å². The lowest BCUT2D eigenvalue weighted by Gasteiger charge is -2.10. The van der Waals surface area contributed by atoms with Gasteiger partial charge in [-0.05, 0) is 24.8 Å². The van der Waals surface area contributed by atoms with E-state index in [2.05, 4.69) is 52.0 Å². The molecule has 5 nitrogen and oxygen atoms in total. The molecule has 2 aromatic rings. The molecule has 0 bridgehead atoms. The Morgan fingerprint density at radius 3 is 2.73 bits per heavy atom. The van der Waals surface area contributed by atoms with E-state index in [0.717, 1.165) is 43.2 Å². The van der Waals surface area contributed by atoms with Crippen LogP contribution >= 0.6 is 0 Å². The number of rotatable bonds is 7. The van der Waals surface area contributed by atoms with Gasteiger partial charge >= 0.3 is 0 Å². The van der Waals surface area contributed by atoms with Crippen LogP contribution in [0.3, 0.4) is 0 Å². The van der Waals surface area contributed by atoms with Gasteiger partial charge < -0.3 is 15.2 Å². The average Bonchev–Trinajstić information content (AvgIpc) is 3.03. The molecule has 0 aliphatic heterocycles. The maximum absolute atomic E-state index is 5.24. The molecular formula is C17H24N4O. The molecule has 0 spiro atoms. The van der Waals surface area contributed by atoms with Gasteiger partial charge in [0.25, 0.3) is 0 Å². The smallest absolute Gasteiger partial charge is 0.191 e. The number of aliphatic imine (C=N–C) groups is 1. The third-order valence-electron chi connectivity index (χ3n) is 3.40. The van der Waals surface area contributed by atoms with Crippen LogP contribution in [0.15, 0.2) is 45.9 Å². The molecule has 0 saturated heterocycles. The maximum Gasteiger partial charge on any atom is 0.191 e. The van der Waals surface area contributed by atoms with E-state index in [-0.39, 0.29) is 0 Å². The first-order valence-electron chi connectivity index (χ1n) is 7.74. The Kier molecular flexibility index (Phi) is 6.48. The highest BCUT2D eigenvalue weighted by molar-refractivity contribution is 5.79. The number of nitrogens with one attached hydrogen (secondary N) is 2. The predicted molar refractivity (Wildman–Crippen MR) is 88.8 cm³/mol. The van der Waals surface area contributed by atoms with E-state index in [1.807, 2.05) is 12.1 Å². The normalized spacial score (nSPS) is 11.5. The number of benzene rings is 1. The summed E-state index contributed by atoms with van der Waals surface area (Å²) < 4.78 is 5.24. The molecule has 5 heteroatoms. The fourth-order valence-corrected chi connectivity index (χ4v) is 2.14. The highest BCUT2D eigenvalue weighted by Crippen LogP contribution is 2.03. The first kappa shape index (κ1) is 16.1. The van der Waals surface area contributed by atoms with Gasteiger partial charge in [0.1, 0.15) is 0 Å². The van der Waals surface area contributed by atoms with Gasteiger partial charge in [0.05, 0.1) is 12.2 Å². The fourth-order valence-electron chi connectivity index (χ4n) is 2.14. The summed E-state index contributed by atoms with van der Waals surface area (Å²) in [5.74, 6) is 1.60. The monoisotopic (exact) mass is 300 g/mol. The van der Waals surface area contributed by atoms with Gasteiger partial charge in [-0.15, -0.1) is 0 Å². The van der Waals surface area contributed by atoms with Crippen molar-refractivity contribution >= 4 is 5.96 Å². The zero-order valence-corrected chi connectivity index (χ0v) is 13.3. The van der Waals surface area contributed by atoms with Gasteiger partial charge in [-0.1, -0.05) is 42.4 Å². The highest BCUT2D eigenvalue weighted by Gasteiger charge is 2.03. The number of hydrogen-bond donors (Lipinski definition) is 2. The minimum atomic E-state index is 0.589. The average molecular weight is 300 g/mol. The molecule has 0 aliphatic carbocycles. The summed E-state index contributed by atoms with van der Waals surface area (Å²) in [5.41, 5.74) is 2.34. The largest absolute Gasteiger partial charge is 0.359 e. The molecule has 0 unspecified atom stereocenters. The molecule has 1 heterocycles. The molecule has 0 amide bonds. The molecule has 118 valence electrons. The molecule has 22 heavy (non-hydrogen) atoms. The number of guanidine groups is 1. The van der Waals surface area contributed by atoms with Crippen LogP contribution in [0, 0.1) is 0 Å². The Labute approximate surface area is 131 Å². The minimum Gasteiger partial charge on any atom is -0.359 e. The van der Waals surface area contributed by atoms with Crippen molar-refractivity contribution in [3.63, 3.8) is 0 Å². The Balaban J connectivity index is 1.67. The minimum absolute atomic E-state index is 0.589. The lowest BCUT2D eigenvalue weighted by Crippen LogP contribution is -2.37. The third kappa shape index (κ3) is 5.24. The standard InChI is InChI=1S/C17H24N4O/c1-3-15-12-16(22-21-15)13-20-17(18-2)19-11-7-10-14-8-5-4-6-9-14/h4-6,8-9,12H,3,7,10-11,13H2,1-2H3,(H2,18,19,20). The molecular weight excluding hydrogens is 276 g/mol. The summed E-state index contributed by atoms with van der Waals surface area (Å²) >= 11 is 0. The van der Waals surface area contributed by atoms with Gasteiger partial charge in [0.2, 0.25) is 0 Å². The van der Waals surface area contributed by atoms with E-state index in [9.17, 15) is 0 Å². The lowest BCUT2D eigenvalue weighted by atomic mass is 10.1. The number of hydrogen-bond acceptors (Lipinski definition) is 3. The van der Waals surface area contributed by atoms with Crippen LogP contribution in [0.2, 0.25) is 0 Å².